The first-order valence-electron chi connectivity index (χ1n) is 7.56. The molecule has 1 atom stereocenters. The number of anilines is 1. The maximum Gasteiger partial charge on any atom is 0.335 e. The minimum atomic E-state index is -0.566. The SMILES string of the molecule is CCNC(=O)c1cccc(NC(=O)COC(=O)C2CCCO2)c1. The van der Waals surface area contributed by atoms with Gasteiger partial charge in [-0.2, -0.15) is 0 Å². The average Bonchev–Trinajstić information content (AvgIpc) is 3.07. The van der Waals surface area contributed by atoms with Crippen LogP contribution in [0.2, 0.25) is 0 Å². The van der Waals surface area contributed by atoms with Crippen LogP contribution >= 0.6 is 0 Å². The standard InChI is InChI=1S/C16H20N2O5/c1-2-17-15(20)11-5-3-6-12(9-11)18-14(19)10-23-16(21)13-7-4-8-22-13/h3,5-6,9,13H,2,4,7-8,10H2,1H3,(H,17,20)(H,18,19). The zero-order valence-corrected chi connectivity index (χ0v) is 13.0. The van der Waals surface area contributed by atoms with Crippen molar-refractivity contribution in [1.29, 1.82) is 0 Å². The van der Waals surface area contributed by atoms with Crippen molar-refractivity contribution in [2.75, 3.05) is 25.1 Å². The molecule has 0 radical (unpaired) electrons. The van der Waals surface area contributed by atoms with Crippen LogP contribution in [0.1, 0.15) is 30.1 Å². The van der Waals surface area contributed by atoms with E-state index in [1.165, 1.54) is 0 Å². The highest BCUT2D eigenvalue weighted by Gasteiger charge is 2.25. The summed E-state index contributed by atoms with van der Waals surface area (Å²) < 4.78 is 10.1. The molecule has 1 aromatic rings. The first kappa shape index (κ1) is 17.0. The number of hydrogen-bond acceptors (Lipinski definition) is 5. The largest absolute Gasteiger partial charge is 0.454 e. The van der Waals surface area contributed by atoms with E-state index < -0.39 is 18.0 Å². The van der Waals surface area contributed by atoms with Crippen LogP contribution in [-0.4, -0.2) is 43.6 Å². The minimum Gasteiger partial charge on any atom is -0.454 e. The molecule has 0 saturated carbocycles. The molecule has 23 heavy (non-hydrogen) atoms. The lowest BCUT2D eigenvalue weighted by molar-refractivity contribution is -0.156. The number of esters is 1. The predicted octanol–water partition coefficient (Wildman–Crippen LogP) is 1.10. The molecule has 1 aliphatic heterocycles. The second kappa shape index (κ2) is 8.28. The Kier molecular flexibility index (Phi) is 6.10. The highest BCUT2D eigenvalue weighted by Crippen LogP contribution is 2.14. The van der Waals surface area contributed by atoms with Gasteiger partial charge in [-0.1, -0.05) is 6.07 Å². The van der Waals surface area contributed by atoms with E-state index in [0.29, 0.717) is 30.8 Å². The molecule has 0 aliphatic carbocycles. The second-order valence-electron chi connectivity index (χ2n) is 5.10. The molecule has 1 fully saturated rings. The fourth-order valence-corrected chi connectivity index (χ4v) is 2.19. The molecule has 7 heteroatoms. The molecule has 1 aliphatic rings. The molecule has 0 bridgehead atoms. The molecule has 2 amide bonds. The first-order valence-corrected chi connectivity index (χ1v) is 7.56. The Morgan fingerprint density at radius 1 is 1.35 bits per heavy atom. The van der Waals surface area contributed by atoms with Gasteiger partial charge in [0.2, 0.25) is 0 Å². The summed E-state index contributed by atoms with van der Waals surface area (Å²) in [4.78, 5) is 35.2. The summed E-state index contributed by atoms with van der Waals surface area (Å²) in [6.07, 6.45) is 0.872. The lowest BCUT2D eigenvalue weighted by atomic mass is 10.2. The summed E-state index contributed by atoms with van der Waals surface area (Å²) in [5, 5.41) is 5.27. The van der Waals surface area contributed by atoms with Crippen LogP contribution in [0.25, 0.3) is 0 Å². The van der Waals surface area contributed by atoms with Gasteiger partial charge in [-0.3, -0.25) is 9.59 Å². The Balaban J connectivity index is 1.83. The van der Waals surface area contributed by atoms with E-state index in [9.17, 15) is 14.4 Å². The lowest BCUT2D eigenvalue weighted by Gasteiger charge is -2.10. The zero-order valence-electron chi connectivity index (χ0n) is 13.0. The third kappa shape index (κ3) is 5.07. The van der Waals surface area contributed by atoms with Gasteiger partial charge in [-0.25, -0.2) is 4.79 Å². The van der Waals surface area contributed by atoms with Gasteiger partial charge in [0, 0.05) is 24.4 Å². The van der Waals surface area contributed by atoms with Crippen molar-refractivity contribution >= 4 is 23.5 Å². The van der Waals surface area contributed by atoms with Crippen LogP contribution < -0.4 is 10.6 Å². The van der Waals surface area contributed by atoms with Crippen LogP contribution in [-0.2, 0) is 19.1 Å². The normalized spacial score (nSPS) is 16.7. The molecule has 2 rings (SSSR count). The number of amides is 2. The predicted molar refractivity (Wildman–Crippen MR) is 83.0 cm³/mol. The summed E-state index contributed by atoms with van der Waals surface area (Å²) in [7, 11) is 0. The molecule has 2 N–H and O–H groups in total. The number of hydrogen-bond donors (Lipinski definition) is 2. The first-order chi connectivity index (χ1) is 11.1. The van der Waals surface area contributed by atoms with Crippen molar-refractivity contribution in [2.24, 2.45) is 0 Å². The molecule has 1 unspecified atom stereocenters. The molecule has 7 nitrogen and oxygen atoms in total. The lowest BCUT2D eigenvalue weighted by Crippen LogP contribution is -2.27. The highest BCUT2D eigenvalue weighted by atomic mass is 16.6. The topological polar surface area (TPSA) is 93.7 Å². The summed E-state index contributed by atoms with van der Waals surface area (Å²) in [5.41, 5.74) is 0.910. The Labute approximate surface area is 134 Å². The maximum atomic E-state index is 11.8. The number of benzene rings is 1. The monoisotopic (exact) mass is 320 g/mol. The number of ether oxygens (including phenoxy) is 2. The van der Waals surface area contributed by atoms with Crippen molar-refractivity contribution in [2.45, 2.75) is 25.9 Å². The quantitative estimate of drug-likeness (QED) is 0.766. The van der Waals surface area contributed by atoms with Gasteiger partial charge in [-0.05, 0) is 38.0 Å². The van der Waals surface area contributed by atoms with Gasteiger partial charge in [0.25, 0.3) is 11.8 Å². The van der Waals surface area contributed by atoms with Gasteiger partial charge in [-0.15, -0.1) is 0 Å². The number of nitrogens with one attached hydrogen (secondary N) is 2. The summed E-state index contributed by atoms with van der Waals surface area (Å²) in [6, 6.07) is 6.53. The number of carbonyl (C=O) groups is 3. The highest BCUT2D eigenvalue weighted by molar-refractivity contribution is 5.97. The molecule has 0 spiro atoms. The van der Waals surface area contributed by atoms with Gasteiger partial charge >= 0.3 is 5.97 Å². The van der Waals surface area contributed by atoms with Crippen LogP contribution in [0.15, 0.2) is 24.3 Å². The average molecular weight is 320 g/mol. The van der Waals surface area contributed by atoms with E-state index in [4.69, 9.17) is 9.47 Å². The van der Waals surface area contributed by atoms with Crippen molar-refractivity contribution in [3.05, 3.63) is 29.8 Å². The molecular formula is C16H20N2O5. The maximum absolute atomic E-state index is 11.8. The van der Waals surface area contributed by atoms with Gasteiger partial charge < -0.3 is 20.1 Å². The molecule has 0 aromatic heterocycles. The Bertz CT molecular complexity index is 582. The molecule has 1 heterocycles. The van der Waals surface area contributed by atoms with E-state index in [0.717, 1.165) is 6.42 Å². The minimum absolute atomic E-state index is 0.214. The third-order valence-corrected chi connectivity index (χ3v) is 3.28. The van der Waals surface area contributed by atoms with Gasteiger partial charge in [0.05, 0.1) is 0 Å². The second-order valence-corrected chi connectivity index (χ2v) is 5.10. The van der Waals surface area contributed by atoms with Gasteiger partial charge in [0.15, 0.2) is 12.7 Å². The molecule has 1 saturated heterocycles. The van der Waals surface area contributed by atoms with Crippen molar-refractivity contribution in [1.82, 2.24) is 5.32 Å². The van der Waals surface area contributed by atoms with Gasteiger partial charge in [0.1, 0.15) is 0 Å². The van der Waals surface area contributed by atoms with Crippen LogP contribution in [0.4, 0.5) is 5.69 Å². The fourth-order valence-electron chi connectivity index (χ4n) is 2.19. The Morgan fingerprint density at radius 3 is 2.87 bits per heavy atom. The summed E-state index contributed by atoms with van der Waals surface area (Å²) >= 11 is 0. The zero-order chi connectivity index (χ0) is 16.7. The molecular weight excluding hydrogens is 300 g/mol. The summed E-state index contributed by atoms with van der Waals surface area (Å²) in [5.74, 6) is -1.20. The van der Waals surface area contributed by atoms with Crippen LogP contribution in [0.3, 0.4) is 0 Å². The Hall–Kier alpha value is -2.41. The Morgan fingerprint density at radius 2 is 2.17 bits per heavy atom. The van der Waals surface area contributed by atoms with E-state index in [2.05, 4.69) is 10.6 Å². The van der Waals surface area contributed by atoms with Crippen LogP contribution in [0, 0.1) is 0 Å². The summed E-state index contributed by atoms with van der Waals surface area (Å²) in [6.45, 7) is 2.50. The number of rotatable bonds is 6. The van der Waals surface area contributed by atoms with E-state index in [1.807, 2.05) is 6.92 Å². The molecule has 124 valence electrons. The fraction of sp³-hybridized carbons (Fsp3) is 0.438. The van der Waals surface area contributed by atoms with Crippen LogP contribution in [0.5, 0.6) is 0 Å². The van der Waals surface area contributed by atoms with E-state index in [1.54, 1.807) is 24.3 Å². The van der Waals surface area contributed by atoms with Crippen molar-refractivity contribution in [3.63, 3.8) is 0 Å². The number of carbonyl (C=O) groups excluding carboxylic acids is 3. The van der Waals surface area contributed by atoms with Crippen molar-refractivity contribution < 1.29 is 23.9 Å². The third-order valence-electron chi connectivity index (χ3n) is 3.28. The molecule has 1 aromatic carbocycles. The van der Waals surface area contributed by atoms with E-state index >= 15 is 0 Å². The van der Waals surface area contributed by atoms with Crippen molar-refractivity contribution in [3.8, 4) is 0 Å². The smallest absolute Gasteiger partial charge is 0.335 e. The van der Waals surface area contributed by atoms with E-state index in [-0.39, 0.29) is 12.5 Å².